The van der Waals surface area contributed by atoms with E-state index in [9.17, 15) is 9.59 Å². The Morgan fingerprint density at radius 1 is 0.868 bits per heavy atom. The van der Waals surface area contributed by atoms with Crippen LogP contribution in [0.5, 0.6) is 5.75 Å². The van der Waals surface area contributed by atoms with Crippen LogP contribution in [0.2, 0.25) is 10.0 Å². The summed E-state index contributed by atoms with van der Waals surface area (Å²) < 4.78 is 10.7. The Morgan fingerprint density at radius 3 is 2.16 bits per heavy atom. The normalized spacial score (nSPS) is 17.4. The number of amides is 2. The van der Waals surface area contributed by atoms with Gasteiger partial charge in [0.05, 0.1) is 41.7 Å². The van der Waals surface area contributed by atoms with E-state index in [1.54, 1.807) is 49.6 Å². The van der Waals surface area contributed by atoms with Gasteiger partial charge in [-0.2, -0.15) is 0 Å². The lowest BCUT2D eigenvalue weighted by Gasteiger charge is -2.37. The fourth-order valence-corrected chi connectivity index (χ4v) is 5.09. The molecule has 0 aliphatic carbocycles. The molecule has 0 atom stereocenters. The van der Waals surface area contributed by atoms with Crippen LogP contribution in [0, 0.1) is 0 Å². The average molecular weight is 568 g/mol. The van der Waals surface area contributed by atoms with Gasteiger partial charge in [-0.1, -0.05) is 41.4 Å². The summed E-state index contributed by atoms with van der Waals surface area (Å²) in [6.07, 6.45) is 1.53. The van der Waals surface area contributed by atoms with Crippen molar-refractivity contribution in [2.45, 2.75) is 0 Å². The molecule has 10 heteroatoms. The first-order chi connectivity index (χ1) is 18.4. The Morgan fingerprint density at radius 2 is 1.50 bits per heavy atom. The molecule has 194 valence electrons. The fourth-order valence-electron chi connectivity index (χ4n) is 4.34. The van der Waals surface area contributed by atoms with E-state index in [-0.39, 0.29) is 26.4 Å². The summed E-state index contributed by atoms with van der Waals surface area (Å²) in [5.74, 6) is -0.477. The van der Waals surface area contributed by atoms with Crippen molar-refractivity contribution in [1.82, 2.24) is 0 Å². The number of anilines is 3. The molecular weight excluding hydrogens is 545 g/mol. The van der Waals surface area contributed by atoms with Gasteiger partial charge in [-0.15, -0.1) is 0 Å². The van der Waals surface area contributed by atoms with Crippen LogP contribution in [-0.4, -0.2) is 50.3 Å². The zero-order chi connectivity index (χ0) is 26.8. The lowest BCUT2D eigenvalue weighted by molar-refractivity contribution is -0.120. The van der Waals surface area contributed by atoms with Gasteiger partial charge in [0.15, 0.2) is 5.11 Å². The summed E-state index contributed by atoms with van der Waals surface area (Å²) in [6.45, 7) is 2.89. The van der Waals surface area contributed by atoms with Crippen molar-refractivity contribution < 1.29 is 19.1 Å². The van der Waals surface area contributed by atoms with Crippen LogP contribution in [-0.2, 0) is 14.3 Å². The Bertz CT molecular complexity index is 1420. The van der Waals surface area contributed by atoms with Crippen molar-refractivity contribution in [1.29, 1.82) is 0 Å². The van der Waals surface area contributed by atoms with Crippen molar-refractivity contribution in [2.24, 2.45) is 0 Å². The van der Waals surface area contributed by atoms with Gasteiger partial charge in [-0.25, -0.2) is 0 Å². The van der Waals surface area contributed by atoms with Crippen LogP contribution in [0.15, 0.2) is 72.3 Å². The smallest absolute Gasteiger partial charge is 0.270 e. The molecule has 2 fully saturated rings. The van der Waals surface area contributed by atoms with Crippen molar-refractivity contribution in [3.05, 3.63) is 87.9 Å². The number of morpholine rings is 1. The number of nitrogens with zero attached hydrogens (tertiary/aromatic N) is 3. The molecule has 0 unspecified atom stereocenters. The predicted octanol–water partition coefficient (Wildman–Crippen LogP) is 5.59. The SMILES string of the molecule is COc1ccc(C=C2C(=O)N(c3ccc(N4CCOCC4)cc3)C(=S)N(c3cccc(Cl)c3Cl)C2=O)cc1. The lowest BCUT2D eigenvalue weighted by atomic mass is 10.0. The summed E-state index contributed by atoms with van der Waals surface area (Å²) >= 11 is 18.5. The first-order valence-electron chi connectivity index (χ1n) is 11.8. The van der Waals surface area contributed by atoms with Crippen LogP contribution in [0.25, 0.3) is 6.08 Å². The molecule has 2 heterocycles. The highest BCUT2D eigenvalue weighted by molar-refractivity contribution is 7.81. The number of carbonyl (C=O) groups excluding carboxylic acids is 2. The van der Waals surface area contributed by atoms with Gasteiger partial charge in [0.1, 0.15) is 11.3 Å². The summed E-state index contributed by atoms with van der Waals surface area (Å²) in [5, 5.41) is 0.402. The van der Waals surface area contributed by atoms with E-state index in [2.05, 4.69) is 4.90 Å². The zero-order valence-electron chi connectivity index (χ0n) is 20.4. The lowest BCUT2D eigenvalue weighted by Crippen LogP contribution is -2.57. The number of ether oxygens (including phenoxy) is 2. The van der Waals surface area contributed by atoms with Crippen LogP contribution >= 0.6 is 35.4 Å². The van der Waals surface area contributed by atoms with Crippen LogP contribution in [0.1, 0.15) is 5.56 Å². The fraction of sp³-hybridized carbons (Fsp3) is 0.179. The molecule has 2 aliphatic rings. The van der Waals surface area contributed by atoms with Crippen LogP contribution in [0.3, 0.4) is 0 Å². The molecule has 0 saturated carbocycles. The number of halogens is 2. The van der Waals surface area contributed by atoms with Gasteiger partial charge in [-0.05, 0) is 72.4 Å². The number of hydrogen-bond acceptors (Lipinski definition) is 6. The number of carbonyl (C=O) groups is 2. The van der Waals surface area contributed by atoms with Gasteiger partial charge in [0.2, 0.25) is 0 Å². The minimum Gasteiger partial charge on any atom is -0.497 e. The van der Waals surface area contributed by atoms with Gasteiger partial charge >= 0.3 is 0 Å². The predicted molar refractivity (Wildman–Crippen MR) is 154 cm³/mol. The molecule has 0 spiro atoms. The average Bonchev–Trinajstić information content (AvgIpc) is 2.94. The third-order valence-corrected chi connectivity index (χ3v) is 7.51. The molecular formula is C28H23Cl2N3O4S. The Balaban J connectivity index is 1.58. The molecule has 3 aromatic carbocycles. The van der Waals surface area contributed by atoms with E-state index in [0.717, 1.165) is 18.8 Å². The number of rotatable bonds is 5. The Labute approximate surface area is 235 Å². The quantitative estimate of drug-likeness (QED) is 0.227. The molecule has 3 aromatic rings. The maximum Gasteiger partial charge on any atom is 0.270 e. The zero-order valence-corrected chi connectivity index (χ0v) is 22.7. The number of methoxy groups -OCH3 is 1. The molecule has 0 bridgehead atoms. The molecule has 2 aliphatic heterocycles. The third-order valence-electron chi connectivity index (χ3n) is 6.33. The number of benzene rings is 3. The monoisotopic (exact) mass is 567 g/mol. The highest BCUT2D eigenvalue weighted by Gasteiger charge is 2.42. The van der Waals surface area contributed by atoms with Gasteiger partial charge in [0.25, 0.3) is 11.8 Å². The molecule has 5 rings (SSSR count). The summed E-state index contributed by atoms with van der Waals surface area (Å²) in [5.41, 5.74) is 2.39. The summed E-state index contributed by atoms with van der Waals surface area (Å²) in [7, 11) is 1.57. The second kappa shape index (κ2) is 11.1. The summed E-state index contributed by atoms with van der Waals surface area (Å²) in [4.78, 5) is 32.3. The first-order valence-corrected chi connectivity index (χ1v) is 13.0. The molecule has 2 amide bonds. The van der Waals surface area contributed by atoms with Crippen molar-refractivity contribution in [3.63, 3.8) is 0 Å². The minimum absolute atomic E-state index is 0.0184. The molecule has 2 saturated heterocycles. The first kappa shape index (κ1) is 26.2. The second-order valence-electron chi connectivity index (χ2n) is 8.58. The third kappa shape index (κ3) is 5.00. The van der Waals surface area contributed by atoms with E-state index in [1.165, 1.54) is 15.9 Å². The minimum atomic E-state index is -0.596. The Kier molecular flexibility index (Phi) is 7.67. The largest absolute Gasteiger partial charge is 0.497 e. The van der Waals surface area contributed by atoms with E-state index in [1.807, 2.05) is 24.3 Å². The van der Waals surface area contributed by atoms with Crippen molar-refractivity contribution in [3.8, 4) is 5.75 Å². The van der Waals surface area contributed by atoms with E-state index in [0.29, 0.717) is 30.2 Å². The van der Waals surface area contributed by atoms with E-state index < -0.39 is 11.8 Å². The van der Waals surface area contributed by atoms with Gasteiger partial charge < -0.3 is 14.4 Å². The number of hydrogen-bond donors (Lipinski definition) is 0. The molecule has 0 radical (unpaired) electrons. The van der Waals surface area contributed by atoms with E-state index >= 15 is 0 Å². The van der Waals surface area contributed by atoms with E-state index in [4.69, 9.17) is 44.9 Å². The molecule has 38 heavy (non-hydrogen) atoms. The number of thiocarbonyl (C=S) groups is 1. The second-order valence-corrected chi connectivity index (χ2v) is 9.73. The van der Waals surface area contributed by atoms with Gasteiger partial charge in [0, 0.05) is 18.8 Å². The van der Waals surface area contributed by atoms with Crippen LogP contribution in [0.4, 0.5) is 17.1 Å². The maximum atomic E-state index is 13.8. The van der Waals surface area contributed by atoms with Gasteiger partial charge in [-0.3, -0.25) is 19.4 Å². The van der Waals surface area contributed by atoms with Crippen LogP contribution < -0.4 is 19.4 Å². The standard InChI is InChI=1S/C28H23Cl2N3O4S/c1-36-21-11-5-18(6-12-21)17-22-26(34)32(20-9-7-19(8-10-20)31-13-15-37-16-14-31)28(38)33(27(22)35)24-4-2-3-23(29)25(24)30/h2-12,17H,13-16H2,1H3. The summed E-state index contributed by atoms with van der Waals surface area (Å²) in [6, 6.07) is 19.4. The highest BCUT2D eigenvalue weighted by atomic mass is 35.5. The Hall–Kier alpha value is -3.43. The maximum absolute atomic E-state index is 13.8. The topological polar surface area (TPSA) is 62.3 Å². The highest BCUT2D eigenvalue weighted by Crippen LogP contribution is 2.37. The molecule has 0 N–H and O–H groups in total. The van der Waals surface area contributed by atoms with Crippen molar-refractivity contribution in [2.75, 3.05) is 48.1 Å². The molecule has 7 nitrogen and oxygen atoms in total. The molecule has 0 aromatic heterocycles. The van der Waals surface area contributed by atoms with Crippen molar-refractivity contribution >= 4 is 75.5 Å².